The van der Waals surface area contributed by atoms with Gasteiger partial charge in [-0.3, -0.25) is 9.59 Å². The van der Waals surface area contributed by atoms with Crippen LogP contribution in [-0.4, -0.2) is 24.9 Å². The Labute approximate surface area is 135 Å². The molecule has 0 bridgehead atoms. The van der Waals surface area contributed by atoms with Crippen molar-refractivity contribution >= 4 is 35.0 Å². The normalized spacial score (nSPS) is 10.5. The summed E-state index contributed by atoms with van der Waals surface area (Å²) in [7, 11) is 0. The molecule has 0 aliphatic heterocycles. The second-order valence-corrected chi connectivity index (χ2v) is 5.79. The minimum Gasteiger partial charge on any atom is -0.354 e. The lowest BCUT2D eigenvalue weighted by Gasteiger charge is -2.09. The highest BCUT2D eigenvalue weighted by Gasteiger charge is 2.08. The lowest BCUT2D eigenvalue weighted by atomic mass is 10.1. The van der Waals surface area contributed by atoms with Gasteiger partial charge in [0, 0.05) is 25.4 Å². The van der Waals surface area contributed by atoms with Gasteiger partial charge in [-0.15, -0.1) is 0 Å². The molecule has 0 heterocycles. The minimum atomic E-state index is -0.0789. The molecule has 0 aromatic heterocycles. The lowest BCUT2D eigenvalue weighted by Crippen LogP contribution is -2.36. The summed E-state index contributed by atoms with van der Waals surface area (Å²) in [5, 5.41) is 6.48. The van der Waals surface area contributed by atoms with Gasteiger partial charge >= 0.3 is 0 Å². The van der Waals surface area contributed by atoms with Gasteiger partial charge in [-0.05, 0) is 18.1 Å². The van der Waals surface area contributed by atoms with Crippen LogP contribution in [0.25, 0.3) is 0 Å². The van der Waals surface area contributed by atoms with Crippen molar-refractivity contribution in [2.24, 2.45) is 5.92 Å². The van der Waals surface area contributed by atoms with E-state index in [1.165, 1.54) is 0 Å². The fourth-order valence-corrected chi connectivity index (χ4v) is 2.08. The Morgan fingerprint density at radius 1 is 1.14 bits per heavy atom. The van der Waals surface area contributed by atoms with Crippen molar-refractivity contribution < 1.29 is 9.59 Å². The van der Waals surface area contributed by atoms with E-state index in [1.807, 2.05) is 26.0 Å². The van der Waals surface area contributed by atoms with E-state index >= 15 is 0 Å². The van der Waals surface area contributed by atoms with Crippen LogP contribution in [0.2, 0.25) is 10.0 Å². The van der Waals surface area contributed by atoms with Crippen LogP contribution >= 0.6 is 23.2 Å². The second kappa shape index (κ2) is 8.90. The summed E-state index contributed by atoms with van der Waals surface area (Å²) in [6, 6.07) is 5.37. The van der Waals surface area contributed by atoms with Gasteiger partial charge in [-0.2, -0.15) is 0 Å². The molecule has 0 fully saturated rings. The van der Waals surface area contributed by atoms with Crippen molar-refractivity contribution in [2.45, 2.75) is 26.7 Å². The SMILES string of the molecule is CC(C)C(=O)NCCNC(=O)CCc1cccc(Cl)c1Cl. The van der Waals surface area contributed by atoms with Gasteiger partial charge in [0.2, 0.25) is 11.8 Å². The maximum atomic E-state index is 11.7. The Hall–Kier alpha value is -1.26. The molecular formula is C15H20Cl2N2O2. The summed E-state index contributed by atoms with van der Waals surface area (Å²) in [6.45, 7) is 4.49. The number of carbonyl (C=O) groups is 2. The Morgan fingerprint density at radius 2 is 1.81 bits per heavy atom. The summed E-state index contributed by atoms with van der Waals surface area (Å²) >= 11 is 12.0. The fourth-order valence-electron chi connectivity index (χ4n) is 1.67. The minimum absolute atomic E-state index is 0.0186. The Morgan fingerprint density at radius 3 is 2.48 bits per heavy atom. The third-order valence-electron chi connectivity index (χ3n) is 2.92. The highest BCUT2D eigenvalue weighted by atomic mass is 35.5. The summed E-state index contributed by atoms with van der Waals surface area (Å²) in [5.74, 6) is -0.148. The van der Waals surface area contributed by atoms with E-state index in [0.717, 1.165) is 5.56 Å². The van der Waals surface area contributed by atoms with Crippen LogP contribution in [0.15, 0.2) is 18.2 Å². The first-order chi connectivity index (χ1) is 9.91. The average molecular weight is 331 g/mol. The topological polar surface area (TPSA) is 58.2 Å². The zero-order chi connectivity index (χ0) is 15.8. The van der Waals surface area contributed by atoms with Gasteiger partial charge in [-0.25, -0.2) is 0 Å². The molecule has 2 amide bonds. The van der Waals surface area contributed by atoms with Gasteiger partial charge in [0.25, 0.3) is 0 Å². The first-order valence-corrected chi connectivity index (χ1v) is 7.64. The number of amides is 2. The Kier molecular flexibility index (Phi) is 7.54. The summed E-state index contributed by atoms with van der Waals surface area (Å²) in [6.07, 6.45) is 0.863. The van der Waals surface area contributed by atoms with Crippen molar-refractivity contribution in [3.63, 3.8) is 0 Å². The second-order valence-electron chi connectivity index (χ2n) is 5.01. The number of aryl methyl sites for hydroxylation is 1. The maximum Gasteiger partial charge on any atom is 0.222 e. The van der Waals surface area contributed by atoms with Crippen LogP contribution in [0.4, 0.5) is 0 Å². The summed E-state index contributed by atoms with van der Waals surface area (Å²) in [5.41, 5.74) is 0.854. The quantitative estimate of drug-likeness (QED) is 0.755. The maximum absolute atomic E-state index is 11.7. The number of nitrogens with one attached hydrogen (secondary N) is 2. The van der Waals surface area contributed by atoms with E-state index in [4.69, 9.17) is 23.2 Å². The highest BCUT2D eigenvalue weighted by Crippen LogP contribution is 2.26. The number of carbonyl (C=O) groups excluding carboxylic acids is 2. The first kappa shape index (κ1) is 17.8. The lowest BCUT2D eigenvalue weighted by molar-refractivity contribution is -0.124. The molecular weight excluding hydrogens is 311 g/mol. The molecule has 0 radical (unpaired) electrons. The number of benzene rings is 1. The number of rotatable bonds is 7. The van der Waals surface area contributed by atoms with Crippen LogP contribution in [0.1, 0.15) is 25.8 Å². The van der Waals surface area contributed by atoms with E-state index < -0.39 is 0 Å². The van der Waals surface area contributed by atoms with Crippen LogP contribution in [0, 0.1) is 5.92 Å². The molecule has 6 heteroatoms. The molecule has 0 spiro atoms. The molecule has 116 valence electrons. The van der Waals surface area contributed by atoms with Crippen molar-refractivity contribution in [3.05, 3.63) is 33.8 Å². The van der Waals surface area contributed by atoms with Gasteiger partial charge in [-0.1, -0.05) is 49.2 Å². The van der Waals surface area contributed by atoms with Gasteiger partial charge in [0.1, 0.15) is 0 Å². The average Bonchev–Trinajstić information content (AvgIpc) is 2.44. The zero-order valence-electron chi connectivity index (χ0n) is 12.2. The highest BCUT2D eigenvalue weighted by molar-refractivity contribution is 6.42. The molecule has 2 N–H and O–H groups in total. The third kappa shape index (κ3) is 6.36. The molecule has 1 rings (SSSR count). The number of halogens is 2. The van der Waals surface area contributed by atoms with E-state index in [2.05, 4.69) is 10.6 Å². The van der Waals surface area contributed by atoms with Crippen LogP contribution in [0.5, 0.6) is 0 Å². The fraction of sp³-hybridized carbons (Fsp3) is 0.467. The summed E-state index contributed by atoms with van der Waals surface area (Å²) < 4.78 is 0. The van der Waals surface area contributed by atoms with E-state index in [0.29, 0.717) is 36.0 Å². The van der Waals surface area contributed by atoms with Gasteiger partial charge in [0.15, 0.2) is 0 Å². The standard InChI is InChI=1S/C15H20Cl2N2O2/c1-10(2)15(21)19-9-8-18-13(20)7-6-11-4-3-5-12(16)14(11)17/h3-5,10H,6-9H2,1-2H3,(H,18,20)(H,19,21). The molecule has 0 saturated carbocycles. The molecule has 0 aliphatic rings. The van der Waals surface area contributed by atoms with Crippen molar-refractivity contribution in [1.82, 2.24) is 10.6 Å². The largest absolute Gasteiger partial charge is 0.354 e. The molecule has 0 unspecified atom stereocenters. The number of hydrogen-bond donors (Lipinski definition) is 2. The van der Waals surface area contributed by atoms with Crippen molar-refractivity contribution in [3.8, 4) is 0 Å². The molecule has 21 heavy (non-hydrogen) atoms. The number of hydrogen-bond acceptors (Lipinski definition) is 2. The van der Waals surface area contributed by atoms with Gasteiger partial charge in [0.05, 0.1) is 10.0 Å². The molecule has 0 atom stereocenters. The predicted octanol–water partition coefficient (Wildman–Crippen LogP) is 2.81. The van der Waals surface area contributed by atoms with Gasteiger partial charge < -0.3 is 10.6 Å². The Balaban J connectivity index is 2.26. The predicted molar refractivity (Wildman–Crippen MR) is 85.6 cm³/mol. The van der Waals surface area contributed by atoms with Crippen LogP contribution in [-0.2, 0) is 16.0 Å². The first-order valence-electron chi connectivity index (χ1n) is 6.89. The Bertz CT molecular complexity index is 504. The molecule has 0 aliphatic carbocycles. The molecule has 1 aromatic carbocycles. The molecule has 0 saturated heterocycles. The van der Waals surface area contributed by atoms with E-state index in [9.17, 15) is 9.59 Å². The van der Waals surface area contributed by atoms with Crippen molar-refractivity contribution in [2.75, 3.05) is 13.1 Å². The monoisotopic (exact) mass is 330 g/mol. The van der Waals surface area contributed by atoms with E-state index in [1.54, 1.807) is 6.07 Å². The van der Waals surface area contributed by atoms with Crippen LogP contribution in [0.3, 0.4) is 0 Å². The molecule has 1 aromatic rings. The zero-order valence-corrected chi connectivity index (χ0v) is 13.7. The van der Waals surface area contributed by atoms with E-state index in [-0.39, 0.29) is 17.7 Å². The van der Waals surface area contributed by atoms with Crippen molar-refractivity contribution in [1.29, 1.82) is 0 Å². The van der Waals surface area contributed by atoms with Crippen LogP contribution < -0.4 is 10.6 Å². The summed E-state index contributed by atoms with van der Waals surface area (Å²) in [4.78, 5) is 23.0. The third-order valence-corrected chi connectivity index (χ3v) is 3.78. The smallest absolute Gasteiger partial charge is 0.222 e. The molecule has 4 nitrogen and oxygen atoms in total.